The van der Waals surface area contributed by atoms with Gasteiger partial charge in [0.15, 0.2) is 0 Å². The number of amides is 1. The fraction of sp³-hybridized carbons (Fsp3) is 0.562. The third-order valence-electron chi connectivity index (χ3n) is 4.23. The second-order valence-corrected chi connectivity index (χ2v) is 6.60. The number of carbonyl (C=O) groups is 1. The van der Waals surface area contributed by atoms with Crippen LogP contribution < -0.4 is 11.1 Å². The Hall–Kier alpha value is -1.03. The lowest BCUT2D eigenvalue weighted by molar-refractivity contribution is 0.0924. The molecule has 0 aliphatic heterocycles. The summed E-state index contributed by atoms with van der Waals surface area (Å²) in [5.74, 6) is 0.598. The quantitative estimate of drug-likeness (QED) is 0.643. The molecular formula is C16H23BrN2O. The van der Waals surface area contributed by atoms with E-state index in [0.29, 0.717) is 17.2 Å². The van der Waals surface area contributed by atoms with Crippen LogP contribution in [0.4, 0.5) is 5.69 Å². The van der Waals surface area contributed by atoms with Gasteiger partial charge in [-0.2, -0.15) is 0 Å². The van der Waals surface area contributed by atoms with Gasteiger partial charge in [0, 0.05) is 21.8 Å². The van der Waals surface area contributed by atoms with Crippen molar-refractivity contribution in [1.82, 2.24) is 5.32 Å². The number of hydrogen-bond acceptors (Lipinski definition) is 2. The Morgan fingerprint density at radius 1 is 1.30 bits per heavy atom. The summed E-state index contributed by atoms with van der Waals surface area (Å²) in [6, 6.07) is 5.55. The van der Waals surface area contributed by atoms with Gasteiger partial charge >= 0.3 is 0 Å². The Bertz CT molecular complexity index is 468. The second-order valence-electron chi connectivity index (χ2n) is 5.75. The molecule has 1 fully saturated rings. The summed E-state index contributed by atoms with van der Waals surface area (Å²) < 4.78 is 0.771. The van der Waals surface area contributed by atoms with Crippen LogP contribution in [0.1, 0.15) is 55.8 Å². The Morgan fingerprint density at radius 2 is 1.95 bits per heavy atom. The topological polar surface area (TPSA) is 55.1 Å². The molecule has 1 aliphatic rings. The Morgan fingerprint density at radius 3 is 2.55 bits per heavy atom. The summed E-state index contributed by atoms with van der Waals surface area (Å²) in [5, 5.41) is 3.14. The number of benzene rings is 1. The van der Waals surface area contributed by atoms with E-state index in [0.717, 1.165) is 4.47 Å². The monoisotopic (exact) mass is 338 g/mol. The van der Waals surface area contributed by atoms with Crippen molar-refractivity contribution in [2.24, 2.45) is 5.92 Å². The molecule has 0 spiro atoms. The number of nitrogens with one attached hydrogen (secondary N) is 1. The Balaban J connectivity index is 1.97. The number of carbonyl (C=O) groups excluding carboxylic acids is 1. The largest absolute Gasteiger partial charge is 0.398 e. The van der Waals surface area contributed by atoms with Crippen molar-refractivity contribution in [3.8, 4) is 0 Å². The van der Waals surface area contributed by atoms with E-state index in [1.807, 2.05) is 0 Å². The summed E-state index contributed by atoms with van der Waals surface area (Å²) in [7, 11) is 0. The van der Waals surface area contributed by atoms with E-state index >= 15 is 0 Å². The third kappa shape index (κ3) is 3.98. The fourth-order valence-electron chi connectivity index (χ4n) is 2.89. The van der Waals surface area contributed by atoms with Gasteiger partial charge in [-0.25, -0.2) is 0 Å². The number of nitrogen functional groups attached to an aromatic ring is 1. The second kappa shape index (κ2) is 7.11. The van der Waals surface area contributed by atoms with E-state index in [4.69, 9.17) is 5.73 Å². The third-order valence-corrected chi connectivity index (χ3v) is 4.92. The van der Waals surface area contributed by atoms with Crippen LogP contribution in [0.25, 0.3) is 0 Å². The first-order chi connectivity index (χ1) is 9.58. The predicted octanol–water partition coefficient (Wildman–Crippen LogP) is 4.12. The van der Waals surface area contributed by atoms with E-state index in [1.165, 1.54) is 38.5 Å². The normalized spacial score (nSPS) is 18.3. The summed E-state index contributed by atoms with van der Waals surface area (Å²) in [6.45, 7) is 2.13. The molecule has 0 bridgehead atoms. The molecule has 1 amide bonds. The van der Waals surface area contributed by atoms with Crippen molar-refractivity contribution in [3.05, 3.63) is 28.2 Å². The molecule has 3 nitrogen and oxygen atoms in total. The zero-order valence-electron chi connectivity index (χ0n) is 12.0. The Kier molecular flexibility index (Phi) is 5.46. The van der Waals surface area contributed by atoms with Gasteiger partial charge in [0.25, 0.3) is 5.91 Å². The first-order valence-corrected chi connectivity index (χ1v) is 8.23. The summed E-state index contributed by atoms with van der Waals surface area (Å²) in [6.07, 6.45) is 7.71. The predicted molar refractivity (Wildman–Crippen MR) is 86.7 cm³/mol. The first-order valence-electron chi connectivity index (χ1n) is 7.44. The van der Waals surface area contributed by atoms with Gasteiger partial charge in [0.2, 0.25) is 0 Å². The van der Waals surface area contributed by atoms with E-state index in [1.54, 1.807) is 18.2 Å². The fourth-order valence-corrected chi connectivity index (χ4v) is 3.27. The maximum Gasteiger partial charge on any atom is 0.251 e. The van der Waals surface area contributed by atoms with Crippen LogP contribution in [0.3, 0.4) is 0 Å². The van der Waals surface area contributed by atoms with Crippen molar-refractivity contribution < 1.29 is 4.79 Å². The number of anilines is 1. The molecule has 0 saturated heterocycles. The highest BCUT2D eigenvalue weighted by Crippen LogP contribution is 2.26. The lowest BCUT2D eigenvalue weighted by Crippen LogP contribution is -2.38. The average molecular weight is 339 g/mol. The van der Waals surface area contributed by atoms with Crippen molar-refractivity contribution in [2.45, 2.75) is 51.5 Å². The molecular weight excluding hydrogens is 316 g/mol. The highest BCUT2D eigenvalue weighted by atomic mass is 79.9. The van der Waals surface area contributed by atoms with Crippen LogP contribution in [-0.2, 0) is 0 Å². The van der Waals surface area contributed by atoms with Crippen LogP contribution in [0, 0.1) is 5.92 Å². The summed E-state index contributed by atoms with van der Waals surface area (Å²) in [5.41, 5.74) is 7.06. The van der Waals surface area contributed by atoms with Crippen molar-refractivity contribution >= 4 is 27.5 Å². The molecule has 0 unspecified atom stereocenters. The zero-order valence-corrected chi connectivity index (χ0v) is 13.6. The van der Waals surface area contributed by atoms with Crippen molar-refractivity contribution in [1.29, 1.82) is 0 Å². The van der Waals surface area contributed by atoms with Crippen molar-refractivity contribution in [2.75, 3.05) is 5.73 Å². The Labute approximate surface area is 129 Å². The molecule has 110 valence electrons. The average Bonchev–Trinajstić information content (AvgIpc) is 2.70. The maximum atomic E-state index is 12.3. The minimum atomic E-state index is -0.0116. The van der Waals surface area contributed by atoms with E-state index in [2.05, 4.69) is 28.2 Å². The van der Waals surface area contributed by atoms with Gasteiger partial charge in [0.05, 0.1) is 0 Å². The van der Waals surface area contributed by atoms with Gasteiger partial charge in [0.1, 0.15) is 0 Å². The van der Waals surface area contributed by atoms with Gasteiger partial charge in [-0.3, -0.25) is 4.79 Å². The first kappa shape index (κ1) is 15.4. The number of nitrogens with two attached hydrogens (primary N) is 1. The molecule has 0 heterocycles. The molecule has 4 heteroatoms. The summed E-state index contributed by atoms with van der Waals surface area (Å²) >= 11 is 3.36. The molecule has 0 radical (unpaired) electrons. The molecule has 20 heavy (non-hydrogen) atoms. The lowest BCUT2D eigenvalue weighted by atomic mass is 9.93. The standard InChI is InChI=1S/C16H23BrN2O/c1-11(12-6-4-2-3-5-7-12)19-16(20)13-8-9-15(18)14(17)10-13/h8-12H,2-7,18H2,1H3,(H,19,20)/t11-/m1/s1. The molecule has 2 rings (SSSR count). The van der Waals surface area contributed by atoms with Gasteiger partial charge in [-0.1, -0.05) is 25.7 Å². The van der Waals surface area contributed by atoms with Gasteiger partial charge in [-0.05, 0) is 59.8 Å². The minimum Gasteiger partial charge on any atom is -0.398 e. The maximum absolute atomic E-state index is 12.3. The van der Waals surface area contributed by atoms with E-state index < -0.39 is 0 Å². The van der Waals surface area contributed by atoms with E-state index in [9.17, 15) is 4.79 Å². The van der Waals surface area contributed by atoms with Crippen LogP contribution in [0.5, 0.6) is 0 Å². The highest BCUT2D eigenvalue weighted by Gasteiger charge is 2.21. The van der Waals surface area contributed by atoms with E-state index in [-0.39, 0.29) is 11.9 Å². The lowest BCUT2D eigenvalue weighted by Gasteiger charge is -2.23. The molecule has 1 atom stereocenters. The number of hydrogen-bond donors (Lipinski definition) is 2. The molecule has 1 aliphatic carbocycles. The van der Waals surface area contributed by atoms with Crippen molar-refractivity contribution in [3.63, 3.8) is 0 Å². The van der Waals surface area contributed by atoms with Crippen LogP contribution in [-0.4, -0.2) is 11.9 Å². The molecule has 3 N–H and O–H groups in total. The SMILES string of the molecule is C[C@@H](NC(=O)c1ccc(N)c(Br)c1)C1CCCCCC1. The van der Waals surface area contributed by atoms with Gasteiger partial charge < -0.3 is 11.1 Å². The van der Waals surface area contributed by atoms with Crippen LogP contribution in [0.2, 0.25) is 0 Å². The zero-order chi connectivity index (χ0) is 14.5. The van der Waals surface area contributed by atoms with Crippen LogP contribution >= 0.6 is 15.9 Å². The highest BCUT2D eigenvalue weighted by molar-refractivity contribution is 9.10. The van der Waals surface area contributed by atoms with Gasteiger partial charge in [-0.15, -0.1) is 0 Å². The smallest absolute Gasteiger partial charge is 0.251 e. The van der Waals surface area contributed by atoms with Crippen LogP contribution in [0.15, 0.2) is 22.7 Å². The molecule has 1 saturated carbocycles. The molecule has 1 aromatic carbocycles. The minimum absolute atomic E-state index is 0.0116. The molecule has 0 aromatic heterocycles. The number of halogens is 1. The summed E-state index contributed by atoms with van der Waals surface area (Å²) in [4.78, 5) is 12.3. The molecule has 1 aromatic rings. The number of rotatable bonds is 3.